The van der Waals surface area contributed by atoms with Crippen molar-refractivity contribution < 1.29 is 4.74 Å². The second kappa shape index (κ2) is 8.08. The summed E-state index contributed by atoms with van der Waals surface area (Å²) in [7, 11) is 1.70. The third kappa shape index (κ3) is 4.75. The smallest absolute Gasteiger partial charge is 0.328 e. The summed E-state index contributed by atoms with van der Waals surface area (Å²) in [5.74, 6) is 0. The maximum Gasteiger partial charge on any atom is 0.328 e. The lowest BCUT2D eigenvalue weighted by molar-refractivity contribution is 0.194. The molecule has 0 aromatic carbocycles. The van der Waals surface area contributed by atoms with Gasteiger partial charge in [-0.1, -0.05) is 6.92 Å². The van der Waals surface area contributed by atoms with Crippen LogP contribution in [0.3, 0.4) is 0 Å². The molecule has 0 aliphatic heterocycles. The molecule has 0 saturated carbocycles. The molecule has 0 atom stereocenters. The molecule has 98 valence electrons. The van der Waals surface area contributed by atoms with Gasteiger partial charge in [-0.2, -0.15) is 0 Å². The van der Waals surface area contributed by atoms with E-state index in [0.717, 1.165) is 45.6 Å². The van der Waals surface area contributed by atoms with Crippen LogP contribution in [0.1, 0.15) is 19.8 Å². The van der Waals surface area contributed by atoms with Crippen molar-refractivity contribution in [1.82, 2.24) is 14.5 Å². The van der Waals surface area contributed by atoms with Gasteiger partial charge >= 0.3 is 5.69 Å². The number of aromatic nitrogens is 2. The van der Waals surface area contributed by atoms with Gasteiger partial charge in [0.15, 0.2) is 0 Å². The minimum Gasteiger partial charge on any atom is -0.385 e. The molecular formula is C12H23N3O2. The lowest BCUT2D eigenvalue weighted by Crippen LogP contribution is -2.29. The van der Waals surface area contributed by atoms with Crippen LogP contribution in [-0.4, -0.2) is 35.9 Å². The van der Waals surface area contributed by atoms with Crippen molar-refractivity contribution in [2.24, 2.45) is 0 Å². The Labute approximate surface area is 102 Å². The molecule has 0 spiro atoms. The van der Waals surface area contributed by atoms with Crippen LogP contribution in [0.5, 0.6) is 0 Å². The Morgan fingerprint density at radius 3 is 2.59 bits per heavy atom. The third-order valence-corrected chi connectivity index (χ3v) is 2.61. The van der Waals surface area contributed by atoms with Crippen LogP contribution in [0.4, 0.5) is 0 Å². The Hall–Kier alpha value is -1.07. The topological polar surface area (TPSA) is 48.2 Å². The molecule has 0 unspecified atom stereocenters. The van der Waals surface area contributed by atoms with E-state index < -0.39 is 0 Å². The second-order valence-corrected chi connectivity index (χ2v) is 4.06. The molecule has 17 heavy (non-hydrogen) atoms. The van der Waals surface area contributed by atoms with Gasteiger partial charge in [0.2, 0.25) is 0 Å². The lowest BCUT2D eigenvalue weighted by Gasteiger charge is -2.04. The summed E-state index contributed by atoms with van der Waals surface area (Å²) in [4.78, 5) is 11.8. The van der Waals surface area contributed by atoms with E-state index in [1.807, 2.05) is 12.4 Å². The average molecular weight is 241 g/mol. The number of nitrogens with zero attached hydrogens (tertiary/aromatic N) is 2. The molecule has 0 amide bonds. The number of rotatable bonds is 9. The van der Waals surface area contributed by atoms with E-state index in [1.165, 1.54) is 0 Å². The summed E-state index contributed by atoms with van der Waals surface area (Å²) in [6.07, 6.45) is 5.70. The van der Waals surface area contributed by atoms with Gasteiger partial charge in [0.25, 0.3) is 0 Å². The van der Waals surface area contributed by atoms with Crippen LogP contribution in [0.2, 0.25) is 0 Å². The number of ether oxygens (including phenoxy) is 1. The fourth-order valence-corrected chi connectivity index (χ4v) is 1.70. The van der Waals surface area contributed by atoms with Gasteiger partial charge in [-0.3, -0.25) is 9.13 Å². The number of nitrogens with one attached hydrogen (secondary N) is 1. The number of hydrogen-bond acceptors (Lipinski definition) is 3. The highest BCUT2D eigenvalue weighted by molar-refractivity contribution is 4.81. The molecule has 0 saturated heterocycles. The Kier molecular flexibility index (Phi) is 6.65. The summed E-state index contributed by atoms with van der Waals surface area (Å²) in [6.45, 7) is 6.12. The molecule has 1 N–H and O–H groups in total. The maximum atomic E-state index is 11.8. The molecule has 0 radical (unpaired) electrons. The Balaban J connectivity index is 2.25. The van der Waals surface area contributed by atoms with Gasteiger partial charge < -0.3 is 10.1 Å². The second-order valence-electron chi connectivity index (χ2n) is 4.06. The van der Waals surface area contributed by atoms with Gasteiger partial charge in [0.05, 0.1) is 0 Å². The van der Waals surface area contributed by atoms with Crippen LogP contribution in [0, 0.1) is 0 Å². The van der Waals surface area contributed by atoms with Crippen molar-refractivity contribution in [1.29, 1.82) is 0 Å². The molecule has 1 aromatic rings. The van der Waals surface area contributed by atoms with Gasteiger partial charge in [-0.15, -0.1) is 0 Å². The van der Waals surface area contributed by atoms with Crippen molar-refractivity contribution in [3.63, 3.8) is 0 Å². The van der Waals surface area contributed by atoms with Crippen LogP contribution in [0.15, 0.2) is 17.2 Å². The van der Waals surface area contributed by atoms with Crippen molar-refractivity contribution in [2.45, 2.75) is 32.9 Å². The Bertz CT molecular complexity index is 357. The molecule has 1 heterocycles. The number of methoxy groups -OCH3 is 1. The van der Waals surface area contributed by atoms with Gasteiger partial charge in [0.1, 0.15) is 0 Å². The Morgan fingerprint density at radius 1 is 1.24 bits per heavy atom. The van der Waals surface area contributed by atoms with E-state index >= 15 is 0 Å². The highest BCUT2D eigenvalue weighted by Crippen LogP contribution is 1.88. The third-order valence-electron chi connectivity index (χ3n) is 2.61. The first-order valence-corrected chi connectivity index (χ1v) is 6.24. The predicted octanol–water partition coefficient (Wildman–Crippen LogP) is 0.686. The summed E-state index contributed by atoms with van der Waals surface area (Å²) in [6, 6.07) is 0. The van der Waals surface area contributed by atoms with Crippen molar-refractivity contribution in [2.75, 3.05) is 26.8 Å². The summed E-state index contributed by atoms with van der Waals surface area (Å²) >= 11 is 0. The van der Waals surface area contributed by atoms with Crippen molar-refractivity contribution in [3.8, 4) is 0 Å². The van der Waals surface area contributed by atoms with E-state index in [2.05, 4.69) is 12.2 Å². The van der Waals surface area contributed by atoms with Crippen LogP contribution >= 0.6 is 0 Å². The van der Waals surface area contributed by atoms with E-state index in [4.69, 9.17) is 4.74 Å². The summed E-state index contributed by atoms with van der Waals surface area (Å²) in [5, 5.41) is 3.29. The molecule has 0 aliphatic rings. The van der Waals surface area contributed by atoms with E-state index in [1.54, 1.807) is 16.2 Å². The molecule has 0 fully saturated rings. The van der Waals surface area contributed by atoms with Crippen molar-refractivity contribution in [3.05, 3.63) is 22.9 Å². The zero-order valence-electron chi connectivity index (χ0n) is 10.8. The summed E-state index contributed by atoms with van der Waals surface area (Å²) < 4.78 is 8.46. The Morgan fingerprint density at radius 2 is 1.94 bits per heavy atom. The van der Waals surface area contributed by atoms with Gasteiger partial charge in [-0.25, -0.2) is 4.79 Å². The van der Waals surface area contributed by atoms with Crippen LogP contribution in [-0.2, 0) is 17.8 Å². The zero-order chi connectivity index (χ0) is 12.5. The molecular weight excluding hydrogens is 218 g/mol. The zero-order valence-corrected chi connectivity index (χ0v) is 10.8. The summed E-state index contributed by atoms with van der Waals surface area (Å²) in [5.41, 5.74) is 0.0885. The molecule has 5 nitrogen and oxygen atoms in total. The average Bonchev–Trinajstić information content (AvgIpc) is 2.67. The fourth-order valence-electron chi connectivity index (χ4n) is 1.70. The van der Waals surface area contributed by atoms with E-state index in [0.29, 0.717) is 0 Å². The molecule has 0 bridgehead atoms. The molecule has 1 aromatic heterocycles. The first-order chi connectivity index (χ1) is 8.29. The van der Waals surface area contributed by atoms with E-state index in [9.17, 15) is 4.79 Å². The largest absolute Gasteiger partial charge is 0.385 e. The van der Waals surface area contributed by atoms with Crippen LogP contribution in [0.25, 0.3) is 0 Å². The quantitative estimate of drug-likeness (QED) is 0.647. The monoisotopic (exact) mass is 241 g/mol. The number of hydrogen-bond donors (Lipinski definition) is 1. The molecule has 5 heteroatoms. The highest BCUT2D eigenvalue weighted by Gasteiger charge is 2.01. The van der Waals surface area contributed by atoms with Gasteiger partial charge in [0, 0.05) is 45.7 Å². The highest BCUT2D eigenvalue weighted by atomic mass is 16.5. The van der Waals surface area contributed by atoms with Crippen LogP contribution < -0.4 is 11.0 Å². The maximum absolute atomic E-state index is 11.8. The molecule has 0 aliphatic carbocycles. The predicted molar refractivity (Wildman–Crippen MR) is 68.3 cm³/mol. The minimum absolute atomic E-state index is 0.0885. The molecule has 1 rings (SSSR count). The normalized spacial score (nSPS) is 10.9. The lowest BCUT2D eigenvalue weighted by atomic mass is 10.4. The first-order valence-electron chi connectivity index (χ1n) is 6.24. The standard InChI is InChI=1S/C12H23N3O2/c1-3-7-14-9-10-15(12(14)16)8-6-13-5-4-11-17-2/h9-10,13H,3-8,11H2,1-2H3. The van der Waals surface area contributed by atoms with Crippen molar-refractivity contribution >= 4 is 0 Å². The SMILES string of the molecule is CCCn1ccn(CCNCCCOC)c1=O. The fraction of sp³-hybridized carbons (Fsp3) is 0.750. The number of aryl methyl sites for hydroxylation is 1. The van der Waals surface area contributed by atoms with Gasteiger partial charge in [-0.05, 0) is 19.4 Å². The number of imidazole rings is 1. The van der Waals surface area contributed by atoms with E-state index in [-0.39, 0.29) is 5.69 Å². The minimum atomic E-state index is 0.0885. The first kappa shape index (κ1) is 14.0.